The molecule has 2 N–H and O–H groups in total. The fourth-order valence-electron chi connectivity index (χ4n) is 1.35. The maximum atomic E-state index is 11.2. The van der Waals surface area contributed by atoms with E-state index in [4.69, 9.17) is 22.6 Å². The summed E-state index contributed by atoms with van der Waals surface area (Å²) < 4.78 is 4.56. The van der Waals surface area contributed by atoms with E-state index in [0.29, 0.717) is 21.7 Å². The van der Waals surface area contributed by atoms with E-state index in [1.807, 2.05) is 6.07 Å². The molecular weight excluding hydrogens is 228 g/mol. The van der Waals surface area contributed by atoms with Crippen molar-refractivity contribution in [1.82, 2.24) is 0 Å². The molecule has 84 valence electrons. The van der Waals surface area contributed by atoms with Crippen LogP contribution < -0.4 is 5.73 Å². The Morgan fingerprint density at radius 1 is 1.62 bits per heavy atom. The summed E-state index contributed by atoms with van der Waals surface area (Å²) >= 11 is 5.98. The Balaban J connectivity index is 3.17. The highest BCUT2D eigenvalue weighted by atomic mass is 35.5. The summed E-state index contributed by atoms with van der Waals surface area (Å²) in [4.78, 5) is 11.2. The van der Waals surface area contributed by atoms with Gasteiger partial charge in [0.15, 0.2) is 0 Å². The van der Waals surface area contributed by atoms with E-state index in [1.165, 1.54) is 13.2 Å². The van der Waals surface area contributed by atoms with Crippen molar-refractivity contribution >= 4 is 17.6 Å². The van der Waals surface area contributed by atoms with Gasteiger partial charge in [-0.3, -0.25) is 4.79 Å². The molecular formula is C11H11ClN2O2. The Kier molecular flexibility index (Phi) is 4.29. The summed E-state index contributed by atoms with van der Waals surface area (Å²) in [7, 11) is 1.31. The first-order valence-electron chi connectivity index (χ1n) is 4.60. The lowest BCUT2D eigenvalue weighted by Crippen LogP contribution is -2.10. The normalized spacial score (nSPS) is 9.62. The minimum atomic E-state index is -0.388. The second kappa shape index (κ2) is 5.50. The number of benzene rings is 1. The van der Waals surface area contributed by atoms with Crippen molar-refractivity contribution in [1.29, 1.82) is 5.26 Å². The van der Waals surface area contributed by atoms with Crippen LogP contribution in [0.1, 0.15) is 16.7 Å². The highest BCUT2D eigenvalue weighted by Crippen LogP contribution is 2.23. The molecule has 5 heteroatoms. The lowest BCUT2D eigenvalue weighted by atomic mass is 10.0. The van der Waals surface area contributed by atoms with Crippen LogP contribution in [0.2, 0.25) is 5.02 Å². The monoisotopic (exact) mass is 238 g/mol. The summed E-state index contributed by atoms with van der Waals surface area (Å²) in [6.07, 6.45) is 0.0631. The van der Waals surface area contributed by atoms with Crippen LogP contribution in [-0.2, 0) is 22.5 Å². The SMILES string of the molecule is COC(=O)Cc1c(Cl)cc(C#N)cc1CN. The minimum Gasteiger partial charge on any atom is -0.469 e. The Morgan fingerprint density at radius 2 is 2.31 bits per heavy atom. The van der Waals surface area contributed by atoms with E-state index in [-0.39, 0.29) is 18.9 Å². The molecule has 1 aromatic rings. The Morgan fingerprint density at radius 3 is 2.81 bits per heavy atom. The number of hydrogen-bond donors (Lipinski definition) is 1. The van der Waals surface area contributed by atoms with Crippen molar-refractivity contribution in [3.63, 3.8) is 0 Å². The average molecular weight is 239 g/mol. The lowest BCUT2D eigenvalue weighted by molar-refractivity contribution is -0.139. The fourth-order valence-corrected chi connectivity index (χ4v) is 1.66. The molecule has 0 amide bonds. The van der Waals surface area contributed by atoms with Crippen molar-refractivity contribution in [3.8, 4) is 6.07 Å². The van der Waals surface area contributed by atoms with E-state index in [0.717, 1.165) is 0 Å². The molecule has 0 saturated carbocycles. The molecule has 0 saturated heterocycles. The first kappa shape index (κ1) is 12.5. The van der Waals surface area contributed by atoms with Crippen LogP contribution in [0.4, 0.5) is 0 Å². The smallest absolute Gasteiger partial charge is 0.310 e. The molecule has 0 aliphatic heterocycles. The quantitative estimate of drug-likeness (QED) is 0.808. The van der Waals surface area contributed by atoms with Crippen molar-refractivity contribution in [2.45, 2.75) is 13.0 Å². The van der Waals surface area contributed by atoms with Crippen LogP contribution in [0.3, 0.4) is 0 Å². The van der Waals surface area contributed by atoms with Crippen LogP contribution in [-0.4, -0.2) is 13.1 Å². The van der Waals surface area contributed by atoms with Gasteiger partial charge in [-0.1, -0.05) is 11.6 Å². The van der Waals surface area contributed by atoms with E-state index in [9.17, 15) is 4.79 Å². The molecule has 0 unspecified atom stereocenters. The van der Waals surface area contributed by atoms with Crippen LogP contribution in [0.15, 0.2) is 12.1 Å². The maximum absolute atomic E-state index is 11.2. The number of nitrogens with zero attached hydrogens (tertiary/aromatic N) is 1. The number of nitrogens with two attached hydrogens (primary N) is 1. The number of carbonyl (C=O) groups is 1. The number of hydrogen-bond acceptors (Lipinski definition) is 4. The average Bonchev–Trinajstić information content (AvgIpc) is 2.30. The van der Waals surface area contributed by atoms with Gasteiger partial charge in [-0.05, 0) is 23.3 Å². The molecule has 0 aromatic heterocycles. The Bertz CT molecular complexity index is 452. The summed E-state index contributed by atoms with van der Waals surface area (Å²) in [5.74, 6) is -0.388. The summed E-state index contributed by atoms with van der Waals surface area (Å²) in [5, 5.41) is 9.13. The number of halogens is 1. The maximum Gasteiger partial charge on any atom is 0.310 e. The lowest BCUT2D eigenvalue weighted by Gasteiger charge is -2.09. The molecule has 16 heavy (non-hydrogen) atoms. The van der Waals surface area contributed by atoms with Gasteiger partial charge in [0, 0.05) is 11.6 Å². The molecule has 1 rings (SSSR count). The molecule has 0 aliphatic rings. The van der Waals surface area contributed by atoms with Gasteiger partial charge >= 0.3 is 5.97 Å². The van der Waals surface area contributed by atoms with Gasteiger partial charge in [0.25, 0.3) is 0 Å². The predicted octanol–water partition coefficient (Wildman–Crippen LogP) is 1.39. The largest absolute Gasteiger partial charge is 0.469 e. The predicted molar refractivity (Wildman–Crippen MR) is 59.8 cm³/mol. The van der Waals surface area contributed by atoms with Crippen molar-refractivity contribution in [3.05, 3.63) is 33.8 Å². The Hall–Kier alpha value is -1.57. The Labute approximate surface area is 98.6 Å². The summed E-state index contributed by atoms with van der Waals surface area (Å²) in [5.41, 5.74) is 7.28. The zero-order chi connectivity index (χ0) is 12.1. The van der Waals surface area contributed by atoms with Gasteiger partial charge in [-0.15, -0.1) is 0 Å². The standard InChI is InChI=1S/C11H11ClN2O2/c1-16-11(15)4-9-8(6-14)2-7(5-13)3-10(9)12/h2-3H,4,6,14H2,1H3. The summed E-state index contributed by atoms with van der Waals surface area (Å²) in [6.45, 7) is 0.224. The van der Waals surface area contributed by atoms with E-state index in [1.54, 1.807) is 6.07 Å². The second-order valence-corrected chi connectivity index (χ2v) is 3.57. The zero-order valence-electron chi connectivity index (χ0n) is 8.79. The highest BCUT2D eigenvalue weighted by molar-refractivity contribution is 6.31. The van der Waals surface area contributed by atoms with Gasteiger partial charge in [0.05, 0.1) is 25.2 Å². The topological polar surface area (TPSA) is 76.1 Å². The van der Waals surface area contributed by atoms with Gasteiger partial charge in [-0.25, -0.2) is 0 Å². The summed E-state index contributed by atoms with van der Waals surface area (Å²) in [6, 6.07) is 5.12. The third-order valence-corrected chi connectivity index (χ3v) is 2.52. The van der Waals surface area contributed by atoms with E-state index >= 15 is 0 Å². The number of methoxy groups -OCH3 is 1. The molecule has 0 atom stereocenters. The van der Waals surface area contributed by atoms with Gasteiger partial charge in [-0.2, -0.15) is 5.26 Å². The molecule has 0 radical (unpaired) electrons. The van der Waals surface area contributed by atoms with Crippen LogP contribution in [0.25, 0.3) is 0 Å². The molecule has 1 aromatic carbocycles. The van der Waals surface area contributed by atoms with E-state index in [2.05, 4.69) is 4.74 Å². The van der Waals surface area contributed by atoms with Gasteiger partial charge < -0.3 is 10.5 Å². The van der Waals surface area contributed by atoms with Crippen molar-refractivity contribution < 1.29 is 9.53 Å². The van der Waals surface area contributed by atoms with Crippen LogP contribution in [0, 0.1) is 11.3 Å². The third-order valence-electron chi connectivity index (χ3n) is 2.19. The molecule has 0 aliphatic carbocycles. The molecule has 0 spiro atoms. The first-order valence-corrected chi connectivity index (χ1v) is 4.98. The van der Waals surface area contributed by atoms with Gasteiger partial charge in [0.2, 0.25) is 0 Å². The number of carbonyl (C=O) groups excluding carboxylic acids is 1. The van der Waals surface area contributed by atoms with E-state index < -0.39 is 0 Å². The fraction of sp³-hybridized carbons (Fsp3) is 0.273. The molecule has 0 bridgehead atoms. The number of rotatable bonds is 3. The molecule has 0 fully saturated rings. The minimum absolute atomic E-state index is 0.0631. The van der Waals surface area contributed by atoms with Crippen molar-refractivity contribution in [2.75, 3.05) is 7.11 Å². The molecule has 0 heterocycles. The third kappa shape index (κ3) is 2.72. The number of nitriles is 1. The van der Waals surface area contributed by atoms with Crippen molar-refractivity contribution in [2.24, 2.45) is 5.73 Å². The van der Waals surface area contributed by atoms with Crippen LogP contribution in [0.5, 0.6) is 0 Å². The highest BCUT2D eigenvalue weighted by Gasteiger charge is 2.12. The number of esters is 1. The molecule has 4 nitrogen and oxygen atoms in total. The second-order valence-electron chi connectivity index (χ2n) is 3.16. The van der Waals surface area contributed by atoms with Gasteiger partial charge in [0.1, 0.15) is 0 Å². The first-order chi connectivity index (χ1) is 7.62. The zero-order valence-corrected chi connectivity index (χ0v) is 9.54. The number of ether oxygens (including phenoxy) is 1. The van der Waals surface area contributed by atoms with Crippen LogP contribution >= 0.6 is 11.6 Å².